The van der Waals surface area contributed by atoms with Crippen LogP contribution in [0.3, 0.4) is 0 Å². The topological polar surface area (TPSA) is 12.0 Å². The molecular formula is C9H16BrN. The largest absolute Gasteiger partial charge is 0.316 e. The van der Waals surface area contributed by atoms with Crippen LogP contribution >= 0.6 is 15.9 Å². The highest BCUT2D eigenvalue weighted by Gasteiger charge is 2.39. The summed E-state index contributed by atoms with van der Waals surface area (Å²) in [6, 6.07) is 0. The Morgan fingerprint density at radius 3 is 3.00 bits per heavy atom. The molecule has 0 amide bonds. The Balaban J connectivity index is 2.06. The van der Waals surface area contributed by atoms with Gasteiger partial charge >= 0.3 is 0 Å². The quantitative estimate of drug-likeness (QED) is 0.615. The summed E-state index contributed by atoms with van der Waals surface area (Å²) in [5, 5.41) is 3.48. The first-order chi connectivity index (χ1) is 5.31. The molecule has 1 saturated heterocycles. The van der Waals surface area contributed by atoms with E-state index in [-0.39, 0.29) is 0 Å². The molecule has 2 aliphatic rings. The fourth-order valence-electron chi connectivity index (χ4n) is 2.46. The monoisotopic (exact) mass is 217 g/mol. The third-order valence-corrected chi connectivity index (χ3v) is 4.68. The normalized spacial score (nSPS) is 45.0. The van der Waals surface area contributed by atoms with Gasteiger partial charge in [0.25, 0.3) is 0 Å². The Morgan fingerprint density at radius 2 is 2.18 bits per heavy atom. The summed E-state index contributed by atoms with van der Waals surface area (Å²) in [6.07, 6.45) is 7.04. The molecule has 0 aromatic rings. The molecule has 0 aromatic heterocycles. The van der Waals surface area contributed by atoms with Crippen molar-refractivity contribution in [3.05, 3.63) is 0 Å². The van der Waals surface area contributed by atoms with Crippen LogP contribution < -0.4 is 5.32 Å². The molecule has 2 rings (SSSR count). The number of halogens is 1. The predicted molar refractivity (Wildman–Crippen MR) is 51.1 cm³/mol. The van der Waals surface area contributed by atoms with Crippen molar-refractivity contribution in [2.24, 2.45) is 5.92 Å². The molecule has 1 N–H and O–H groups in total. The highest BCUT2D eigenvalue weighted by Crippen LogP contribution is 2.44. The minimum Gasteiger partial charge on any atom is -0.316 e. The van der Waals surface area contributed by atoms with Crippen molar-refractivity contribution in [1.82, 2.24) is 5.32 Å². The van der Waals surface area contributed by atoms with Gasteiger partial charge in [-0.2, -0.15) is 0 Å². The molecule has 0 unspecified atom stereocenters. The van der Waals surface area contributed by atoms with Crippen LogP contribution in [0.1, 0.15) is 32.1 Å². The predicted octanol–water partition coefficient (Wildman–Crippen LogP) is 2.30. The van der Waals surface area contributed by atoms with Crippen LogP contribution in [0.25, 0.3) is 0 Å². The first-order valence-electron chi connectivity index (χ1n) is 4.71. The van der Waals surface area contributed by atoms with E-state index in [1.165, 1.54) is 45.2 Å². The summed E-state index contributed by atoms with van der Waals surface area (Å²) in [5.41, 5.74) is 0. The van der Waals surface area contributed by atoms with Gasteiger partial charge in [0.15, 0.2) is 0 Å². The number of hydrogen-bond acceptors (Lipinski definition) is 1. The zero-order chi connectivity index (χ0) is 7.73. The number of piperidine rings is 1. The Kier molecular flexibility index (Phi) is 2.24. The zero-order valence-electron chi connectivity index (χ0n) is 6.91. The van der Waals surface area contributed by atoms with E-state index in [4.69, 9.17) is 0 Å². The highest BCUT2D eigenvalue weighted by molar-refractivity contribution is 9.10. The third-order valence-electron chi connectivity index (χ3n) is 3.23. The fourth-order valence-corrected chi connectivity index (χ4v) is 3.33. The summed E-state index contributed by atoms with van der Waals surface area (Å²) >= 11 is 3.93. The van der Waals surface area contributed by atoms with E-state index >= 15 is 0 Å². The van der Waals surface area contributed by atoms with E-state index < -0.39 is 0 Å². The molecule has 1 saturated carbocycles. The van der Waals surface area contributed by atoms with E-state index in [1.807, 2.05) is 0 Å². The Labute approximate surface area is 77.1 Å². The number of hydrogen-bond donors (Lipinski definition) is 1. The van der Waals surface area contributed by atoms with Gasteiger partial charge in [-0.15, -0.1) is 0 Å². The van der Waals surface area contributed by atoms with E-state index in [0.29, 0.717) is 4.32 Å². The van der Waals surface area contributed by atoms with Gasteiger partial charge < -0.3 is 5.32 Å². The maximum atomic E-state index is 3.93. The Hall–Kier alpha value is 0.440. The van der Waals surface area contributed by atoms with Crippen molar-refractivity contribution in [2.45, 2.75) is 36.4 Å². The average Bonchev–Trinajstić information content (AvgIpc) is 2.03. The minimum absolute atomic E-state index is 0.524. The molecule has 2 heteroatoms. The molecule has 0 aromatic carbocycles. The first-order valence-corrected chi connectivity index (χ1v) is 5.50. The van der Waals surface area contributed by atoms with Crippen molar-refractivity contribution in [3.8, 4) is 0 Å². The lowest BCUT2D eigenvalue weighted by atomic mass is 9.75. The maximum absolute atomic E-state index is 3.93. The SMILES string of the molecule is Br[C@]12CCCC[C@@H]1CNCC2. The van der Waals surface area contributed by atoms with Gasteiger partial charge in [0.1, 0.15) is 0 Å². The number of nitrogens with one attached hydrogen (secondary N) is 1. The minimum atomic E-state index is 0.524. The summed E-state index contributed by atoms with van der Waals surface area (Å²) in [6.45, 7) is 2.45. The average molecular weight is 218 g/mol. The van der Waals surface area contributed by atoms with Gasteiger partial charge in [-0.05, 0) is 38.3 Å². The standard InChI is InChI=1S/C9H16BrN/c10-9-4-2-1-3-8(9)7-11-6-5-9/h8,11H,1-7H2/t8-,9+/m1/s1. The summed E-state index contributed by atoms with van der Waals surface area (Å²) in [7, 11) is 0. The maximum Gasteiger partial charge on any atom is 0.0310 e. The van der Waals surface area contributed by atoms with Gasteiger partial charge in [0.2, 0.25) is 0 Å². The van der Waals surface area contributed by atoms with Crippen molar-refractivity contribution in [3.63, 3.8) is 0 Å². The molecule has 1 heterocycles. The number of fused-ring (bicyclic) bond motifs is 1. The second-order valence-corrected chi connectivity index (χ2v) is 5.51. The summed E-state index contributed by atoms with van der Waals surface area (Å²) in [4.78, 5) is 0. The Bertz CT molecular complexity index is 134. The van der Waals surface area contributed by atoms with Crippen LogP contribution in [0, 0.1) is 5.92 Å². The van der Waals surface area contributed by atoms with Crippen LogP contribution in [-0.2, 0) is 0 Å². The third kappa shape index (κ3) is 1.48. The summed E-state index contributed by atoms with van der Waals surface area (Å²) in [5.74, 6) is 0.907. The van der Waals surface area contributed by atoms with Crippen LogP contribution in [0.5, 0.6) is 0 Å². The molecule has 0 spiro atoms. The van der Waals surface area contributed by atoms with Gasteiger partial charge in [-0.1, -0.05) is 28.8 Å². The van der Waals surface area contributed by atoms with Crippen LogP contribution in [0.2, 0.25) is 0 Å². The van der Waals surface area contributed by atoms with Gasteiger partial charge in [-0.3, -0.25) is 0 Å². The zero-order valence-corrected chi connectivity index (χ0v) is 8.49. The van der Waals surface area contributed by atoms with Crippen molar-refractivity contribution < 1.29 is 0 Å². The number of rotatable bonds is 0. The lowest BCUT2D eigenvalue weighted by Crippen LogP contribution is -2.47. The van der Waals surface area contributed by atoms with Gasteiger partial charge in [-0.25, -0.2) is 0 Å². The molecule has 64 valence electrons. The van der Waals surface area contributed by atoms with Gasteiger partial charge in [0.05, 0.1) is 0 Å². The second-order valence-electron chi connectivity index (χ2n) is 3.93. The molecule has 1 nitrogen and oxygen atoms in total. The second kappa shape index (κ2) is 3.06. The number of alkyl halides is 1. The van der Waals surface area contributed by atoms with Crippen molar-refractivity contribution in [1.29, 1.82) is 0 Å². The molecule has 1 aliphatic carbocycles. The van der Waals surface area contributed by atoms with E-state index in [2.05, 4.69) is 21.2 Å². The fraction of sp³-hybridized carbons (Fsp3) is 1.00. The van der Waals surface area contributed by atoms with Crippen LogP contribution in [0.15, 0.2) is 0 Å². The lowest BCUT2D eigenvalue weighted by Gasteiger charge is -2.43. The smallest absolute Gasteiger partial charge is 0.0310 e. The van der Waals surface area contributed by atoms with Crippen LogP contribution in [0.4, 0.5) is 0 Å². The lowest BCUT2D eigenvalue weighted by molar-refractivity contribution is 0.224. The molecule has 0 bridgehead atoms. The van der Waals surface area contributed by atoms with Crippen molar-refractivity contribution in [2.75, 3.05) is 13.1 Å². The Morgan fingerprint density at radius 1 is 1.27 bits per heavy atom. The molecule has 0 radical (unpaired) electrons. The molecule has 2 atom stereocenters. The molecule has 1 aliphatic heterocycles. The highest BCUT2D eigenvalue weighted by atomic mass is 79.9. The molecular weight excluding hydrogens is 202 g/mol. The molecule has 2 fully saturated rings. The van der Waals surface area contributed by atoms with Crippen molar-refractivity contribution >= 4 is 15.9 Å². The van der Waals surface area contributed by atoms with E-state index in [9.17, 15) is 0 Å². The van der Waals surface area contributed by atoms with Gasteiger partial charge in [0, 0.05) is 4.32 Å². The van der Waals surface area contributed by atoms with Crippen LogP contribution in [-0.4, -0.2) is 17.4 Å². The first kappa shape index (κ1) is 8.06. The summed E-state index contributed by atoms with van der Waals surface area (Å²) < 4.78 is 0.524. The molecule has 11 heavy (non-hydrogen) atoms. The van der Waals surface area contributed by atoms with E-state index in [1.54, 1.807) is 0 Å². The van der Waals surface area contributed by atoms with E-state index in [0.717, 1.165) is 5.92 Å².